The van der Waals surface area contributed by atoms with Gasteiger partial charge in [-0.2, -0.15) is 0 Å². The molecule has 4 N–H and O–H groups in total. The van der Waals surface area contributed by atoms with Gasteiger partial charge >= 0.3 is 6.03 Å². The fraction of sp³-hybridized carbons (Fsp3) is 0.300. The molecule has 82 valence electrons. The van der Waals surface area contributed by atoms with Gasteiger partial charge in [0.25, 0.3) is 0 Å². The van der Waals surface area contributed by atoms with Crippen molar-refractivity contribution in [2.45, 2.75) is 6.04 Å². The van der Waals surface area contributed by atoms with Crippen LogP contribution in [0.3, 0.4) is 0 Å². The first-order chi connectivity index (χ1) is 7.26. The summed E-state index contributed by atoms with van der Waals surface area (Å²) >= 11 is 0. The molecule has 0 aromatic heterocycles. The van der Waals surface area contributed by atoms with Gasteiger partial charge < -0.3 is 20.8 Å². The molecule has 0 aliphatic carbocycles. The Morgan fingerprint density at radius 1 is 1.20 bits per heavy atom. The molecule has 1 aromatic carbocycles. The van der Waals surface area contributed by atoms with Crippen LogP contribution in [0, 0.1) is 0 Å². The summed E-state index contributed by atoms with van der Waals surface area (Å²) in [5, 5.41) is 22.5. The average molecular weight is 210 g/mol. The number of urea groups is 1. The lowest BCUT2D eigenvalue weighted by molar-refractivity contribution is 0.172. The zero-order valence-electron chi connectivity index (χ0n) is 8.18. The highest BCUT2D eigenvalue weighted by Crippen LogP contribution is 2.04. The SMILES string of the molecule is O=C(Nc1ccccc1)NC(CO)CO. The van der Waals surface area contributed by atoms with Crippen molar-refractivity contribution in [2.75, 3.05) is 18.5 Å². The van der Waals surface area contributed by atoms with Crippen molar-refractivity contribution in [2.24, 2.45) is 0 Å². The molecular weight excluding hydrogens is 196 g/mol. The molecule has 0 saturated carbocycles. The lowest BCUT2D eigenvalue weighted by atomic mass is 10.3. The van der Waals surface area contributed by atoms with E-state index in [9.17, 15) is 4.79 Å². The van der Waals surface area contributed by atoms with Crippen LogP contribution in [-0.2, 0) is 0 Å². The summed E-state index contributed by atoms with van der Waals surface area (Å²) in [4.78, 5) is 11.3. The number of hydrogen-bond acceptors (Lipinski definition) is 3. The van der Waals surface area contributed by atoms with Crippen molar-refractivity contribution < 1.29 is 15.0 Å². The Balaban J connectivity index is 2.43. The van der Waals surface area contributed by atoms with Crippen molar-refractivity contribution >= 4 is 11.7 Å². The maximum atomic E-state index is 11.3. The minimum atomic E-state index is -0.631. The molecule has 0 spiro atoms. The highest BCUT2D eigenvalue weighted by atomic mass is 16.3. The Kier molecular flexibility index (Phi) is 4.59. The molecule has 0 atom stereocenters. The van der Waals surface area contributed by atoms with Gasteiger partial charge in [-0.3, -0.25) is 0 Å². The second-order valence-electron chi connectivity index (χ2n) is 3.03. The zero-order valence-corrected chi connectivity index (χ0v) is 8.18. The molecule has 1 aromatic rings. The normalized spacial score (nSPS) is 10.1. The average Bonchev–Trinajstić information content (AvgIpc) is 2.27. The molecule has 0 radical (unpaired) electrons. The van der Waals surface area contributed by atoms with Crippen molar-refractivity contribution in [3.8, 4) is 0 Å². The van der Waals surface area contributed by atoms with E-state index in [0.29, 0.717) is 5.69 Å². The topological polar surface area (TPSA) is 81.6 Å². The van der Waals surface area contributed by atoms with E-state index < -0.39 is 12.1 Å². The molecule has 0 unspecified atom stereocenters. The minimum Gasteiger partial charge on any atom is -0.394 e. The minimum absolute atomic E-state index is 0.293. The van der Waals surface area contributed by atoms with Gasteiger partial charge in [0.15, 0.2) is 0 Å². The van der Waals surface area contributed by atoms with Crippen LogP contribution in [0.1, 0.15) is 0 Å². The standard InChI is InChI=1S/C10H14N2O3/c13-6-9(7-14)12-10(15)11-8-4-2-1-3-5-8/h1-5,9,13-14H,6-7H2,(H2,11,12,15). The van der Waals surface area contributed by atoms with Gasteiger partial charge in [0.2, 0.25) is 0 Å². The summed E-state index contributed by atoms with van der Waals surface area (Å²) in [5.74, 6) is 0. The van der Waals surface area contributed by atoms with Gasteiger partial charge in [0.1, 0.15) is 0 Å². The van der Waals surface area contributed by atoms with Gasteiger partial charge in [-0.05, 0) is 12.1 Å². The Bertz CT molecular complexity index is 299. The summed E-state index contributed by atoms with van der Waals surface area (Å²) in [7, 11) is 0. The lowest BCUT2D eigenvalue weighted by Gasteiger charge is -2.13. The number of hydrogen-bond donors (Lipinski definition) is 4. The van der Waals surface area contributed by atoms with Crippen molar-refractivity contribution in [1.29, 1.82) is 0 Å². The largest absolute Gasteiger partial charge is 0.394 e. The Morgan fingerprint density at radius 3 is 2.33 bits per heavy atom. The predicted molar refractivity (Wildman–Crippen MR) is 56.6 cm³/mol. The Labute approximate surface area is 87.7 Å². The van der Waals surface area contributed by atoms with E-state index >= 15 is 0 Å². The molecule has 0 bridgehead atoms. The number of benzene rings is 1. The van der Waals surface area contributed by atoms with Gasteiger partial charge in [-0.15, -0.1) is 0 Å². The molecule has 0 heterocycles. The second-order valence-corrected chi connectivity index (χ2v) is 3.03. The molecule has 0 saturated heterocycles. The van der Waals surface area contributed by atoms with Crippen molar-refractivity contribution in [3.63, 3.8) is 0 Å². The smallest absolute Gasteiger partial charge is 0.319 e. The zero-order chi connectivity index (χ0) is 11.1. The summed E-state index contributed by atoms with van der Waals surface area (Å²) in [6.45, 7) is -0.586. The number of amides is 2. The number of carbonyl (C=O) groups excluding carboxylic acids is 1. The molecule has 2 amide bonds. The first kappa shape index (κ1) is 11.5. The first-order valence-electron chi connectivity index (χ1n) is 4.60. The van der Waals surface area contributed by atoms with E-state index in [4.69, 9.17) is 10.2 Å². The summed E-state index contributed by atoms with van der Waals surface area (Å²) in [5.41, 5.74) is 0.657. The number of carbonyl (C=O) groups is 1. The number of nitrogens with one attached hydrogen (secondary N) is 2. The van der Waals surface area contributed by atoms with Crippen LogP contribution in [0.25, 0.3) is 0 Å². The predicted octanol–water partition coefficient (Wildman–Crippen LogP) is 0.161. The van der Waals surface area contributed by atoms with Gasteiger partial charge in [-0.1, -0.05) is 18.2 Å². The molecule has 5 heteroatoms. The summed E-state index contributed by atoms with van der Waals surface area (Å²) in [6, 6.07) is 7.84. The van der Waals surface area contributed by atoms with Crippen LogP contribution in [0.2, 0.25) is 0 Å². The van der Waals surface area contributed by atoms with Crippen LogP contribution in [0.15, 0.2) is 30.3 Å². The highest BCUT2D eigenvalue weighted by Gasteiger charge is 2.09. The van der Waals surface area contributed by atoms with E-state index in [1.807, 2.05) is 6.07 Å². The second kappa shape index (κ2) is 6.00. The summed E-state index contributed by atoms with van der Waals surface area (Å²) < 4.78 is 0. The van der Waals surface area contributed by atoms with Crippen LogP contribution in [0.4, 0.5) is 10.5 Å². The third-order valence-electron chi connectivity index (χ3n) is 1.81. The number of anilines is 1. The maximum Gasteiger partial charge on any atom is 0.319 e. The fourth-order valence-electron chi connectivity index (χ4n) is 1.02. The molecule has 1 rings (SSSR count). The van der Waals surface area contributed by atoms with Gasteiger partial charge in [0.05, 0.1) is 19.3 Å². The molecule has 15 heavy (non-hydrogen) atoms. The quantitative estimate of drug-likeness (QED) is 0.571. The van der Waals surface area contributed by atoms with E-state index in [-0.39, 0.29) is 13.2 Å². The molecular formula is C10H14N2O3. The molecule has 0 aliphatic rings. The van der Waals surface area contributed by atoms with Crippen LogP contribution in [-0.4, -0.2) is 35.5 Å². The van der Waals surface area contributed by atoms with Crippen molar-refractivity contribution in [1.82, 2.24) is 5.32 Å². The van der Waals surface area contributed by atoms with E-state index in [1.54, 1.807) is 24.3 Å². The van der Waals surface area contributed by atoms with Crippen molar-refractivity contribution in [3.05, 3.63) is 30.3 Å². The lowest BCUT2D eigenvalue weighted by Crippen LogP contribution is -2.42. The van der Waals surface area contributed by atoms with Crippen LogP contribution >= 0.6 is 0 Å². The number of rotatable bonds is 4. The van der Waals surface area contributed by atoms with Crippen LogP contribution < -0.4 is 10.6 Å². The third-order valence-corrected chi connectivity index (χ3v) is 1.81. The van der Waals surface area contributed by atoms with E-state index in [2.05, 4.69) is 10.6 Å². The number of aliphatic hydroxyl groups is 2. The summed E-state index contributed by atoms with van der Waals surface area (Å²) in [6.07, 6.45) is 0. The Morgan fingerprint density at radius 2 is 1.80 bits per heavy atom. The molecule has 5 nitrogen and oxygen atoms in total. The number of para-hydroxylation sites is 1. The van der Waals surface area contributed by atoms with Gasteiger partial charge in [-0.25, -0.2) is 4.79 Å². The first-order valence-corrected chi connectivity index (χ1v) is 4.60. The monoisotopic (exact) mass is 210 g/mol. The third kappa shape index (κ3) is 3.97. The number of aliphatic hydroxyl groups excluding tert-OH is 2. The highest BCUT2D eigenvalue weighted by molar-refractivity contribution is 5.89. The molecule has 0 aliphatic heterocycles. The Hall–Kier alpha value is -1.59. The van der Waals surface area contributed by atoms with Crippen LogP contribution in [0.5, 0.6) is 0 Å². The maximum absolute atomic E-state index is 11.3. The van der Waals surface area contributed by atoms with E-state index in [0.717, 1.165) is 0 Å². The van der Waals surface area contributed by atoms with E-state index in [1.165, 1.54) is 0 Å². The van der Waals surface area contributed by atoms with Gasteiger partial charge in [0, 0.05) is 5.69 Å². The fourth-order valence-corrected chi connectivity index (χ4v) is 1.02. The molecule has 0 fully saturated rings.